The zero-order chi connectivity index (χ0) is 22.6. The highest BCUT2D eigenvalue weighted by molar-refractivity contribution is 6.31. The summed E-state index contributed by atoms with van der Waals surface area (Å²) in [6, 6.07) is 10.2. The van der Waals surface area contributed by atoms with E-state index in [2.05, 4.69) is 10.1 Å². The quantitative estimate of drug-likeness (QED) is 0.487. The maximum Gasteiger partial charge on any atom is 0.426 e. The van der Waals surface area contributed by atoms with E-state index in [1.54, 1.807) is 24.3 Å². The highest BCUT2D eigenvalue weighted by Gasteiger charge is 2.44. The van der Waals surface area contributed by atoms with E-state index in [0.29, 0.717) is 5.02 Å². The molecule has 0 spiro atoms. The lowest BCUT2D eigenvalue weighted by Gasteiger charge is -2.35. The van der Waals surface area contributed by atoms with Gasteiger partial charge in [0.1, 0.15) is 5.82 Å². The number of carbonyl (C=O) groups excluding carboxylic acids is 1. The van der Waals surface area contributed by atoms with Gasteiger partial charge in [-0.05, 0) is 35.9 Å². The predicted molar refractivity (Wildman–Crippen MR) is 115 cm³/mol. The summed E-state index contributed by atoms with van der Waals surface area (Å²) in [7, 11) is 0. The van der Waals surface area contributed by atoms with Crippen LogP contribution in [0.25, 0.3) is 0 Å². The molecule has 2 aromatic carbocycles. The number of ether oxygens (including phenoxy) is 2. The van der Waals surface area contributed by atoms with Crippen molar-refractivity contribution in [1.29, 1.82) is 0 Å². The van der Waals surface area contributed by atoms with Crippen molar-refractivity contribution < 1.29 is 31.8 Å². The Morgan fingerprint density at radius 1 is 1.25 bits per heavy atom. The Labute approximate surface area is 198 Å². The number of anilines is 1. The third kappa shape index (κ3) is 7.38. The van der Waals surface area contributed by atoms with Gasteiger partial charge in [-0.25, -0.2) is 9.18 Å². The summed E-state index contributed by atoms with van der Waals surface area (Å²) in [5, 5.41) is 2.38. The van der Waals surface area contributed by atoms with Gasteiger partial charge in [0.25, 0.3) is 0 Å². The summed E-state index contributed by atoms with van der Waals surface area (Å²) in [5.74, 6) is -0.827. The molecule has 0 saturated carbocycles. The number of benzene rings is 2. The Kier molecular flexibility index (Phi) is 9.41. The van der Waals surface area contributed by atoms with Crippen LogP contribution in [0.1, 0.15) is 11.7 Å². The minimum Gasteiger partial charge on any atom is -0.435 e. The maximum atomic E-state index is 13.5. The van der Waals surface area contributed by atoms with Gasteiger partial charge in [-0.3, -0.25) is 10.2 Å². The van der Waals surface area contributed by atoms with E-state index in [1.165, 1.54) is 11.0 Å². The summed E-state index contributed by atoms with van der Waals surface area (Å²) in [6.45, 7) is 0.0294. The molecular weight excluding hydrogens is 499 g/mol. The molecule has 0 bridgehead atoms. The van der Waals surface area contributed by atoms with Crippen LogP contribution in [-0.2, 0) is 9.47 Å². The fraction of sp³-hybridized carbons (Fsp3) is 0.350. The number of hydrogen-bond donors (Lipinski definition) is 1. The second-order valence-corrected chi connectivity index (χ2v) is 7.71. The first kappa shape index (κ1) is 26.5. The number of carbonyl (C=O) groups is 1. The molecule has 0 unspecified atom stereocenters. The monoisotopic (exact) mass is 516 g/mol. The van der Waals surface area contributed by atoms with Gasteiger partial charge in [-0.15, -0.1) is 12.4 Å². The fourth-order valence-corrected chi connectivity index (χ4v) is 3.39. The minimum absolute atomic E-state index is 0. The number of alkyl halides is 3. The van der Waals surface area contributed by atoms with E-state index in [0.717, 1.165) is 17.7 Å². The third-order valence-electron chi connectivity index (χ3n) is 4.58. The van der Waals surface area contributed by atoms with Crippen molar-refractivity contribution in [1.82, 2.24) is 4.90 Å². The molecule has 1 amide bonds. The second-order valence-electron chi connectivity index (χ2n) is 6.86. The Hall–Kier alpha value is -1.78. The third-order valence-corrected chi connectivity index (χ3v) is 5.12. The lowest BCUT2D eigenvalue weighted by atomic mass is 10.1. The van der Waals surface area contributed by atoms with Gasteiger partial charge in [0.05, 0.1) is 17.7 Å². The number of amides is 1. The summed E-state index contributed by atoms with van der Waals surface area (Å²) in [5.41, 5.74) is 0.657. The number of hydrogen-bond acceptors (Lipinski definition) is 4. The number of halogens is 7. The zero-order valence-electron chi connectivity index (χ0n) is 16.4. The van der Waals surface area contributed by atoms with E-state index >= 15 is 0 Å². The summed E-state index contributed by atoms with van der Waals surface area (Å²) in [6.07, 6.45) is -9.01. The Morgan fingerprint density at radius 3 is 2.66 bits per heavy atom. The first-order chi connectivity index (χ1) is 14.6. The molecule has 2 aromatic rings. The van der Waals surface area contributed by atoms with Crippen molar-refractivity contribution in [3.05, 3.63) is 63.9 Å². The maximum absolute atomic E-state index is 13.5. The average Bonchev–Trinajstić information content (AvgIpc) is 2.70. The van der Waals surface area contributed by atoms with Crippen LogP contribution >= 0.6 is 35.6 Å². The molecule has 176 valence electrons. The molecular formula is C20H19Cl3F4N2O3. The van der Waals surface area contributed by atoms with Crippen molar-refractivity contribution >= 4 is 47.4 Å². The highest BCUT2D eigenvalue weighted by Crippen LogP contribution is 2.28. The Balaban J connectivity index is 0.00000363. The Bertz CT molecular complexity index is 933. The summed E-state index contributed by atoms with van der Waals surface area (Å²) >= 11 is 11.5. The molecule has 1 aliphatic rings. The smallest absolute Gasteiger partial charge is 0.426 e. The van der Waals surface area contributed by atoms with Crippen LogP contribution in [0.2, 0.25) is 10.0 Å². The van der Waals surface area contributed by atoms with Gasteiger partial charge < -0.3 is 9.47 Å². The highest BCUT2D eigenvalue weighted by atomic mass is 35.5. The van der Waals surface area contributed by atoms with Crippen molar-refractivity contribution in [3.8, 4) is 0 Å². The van der Waals surface area contributed by atoms with Crippen molar-refractivity contribution in [3.63, 3.8) is 0 Å². The van der Waals surface area contributed by atoms with Gasteiger partial charge in [-0.1, -0.05) is 35.3 Å². The van der Waals surface area contributed by atoms with Crippen LogP contribution in [0.5, 0.6) is 0 Å². The van der Waals surface area contributed by atoms with Crippen molar-refractivity contribution in [2.45, 2.75) is 18.4 Å². The van der Waals surface area contributed by atoms with Gasteiger partial charge in [0, 0.05) is 30.3 Å². The van der Waals surface area contributed by atoms with Gasteiger partial charge in [-0.2, -0.15) is 13.2 Å². The molecule has 3 rings (SSSR count). The molecule has 1 aliphatic heterocycles. The molecule has 1 N–H and O–H groups in total. The first-order valence-corrected chi connectivity index (χ1v) is 9.96. The molecule has 12 heteroatoms. The lowest BCUT2D eigenvalue weighted by molar-refractivity contribution is -0.209. The number of nitrogens with zero attached hydrogens (tertiary/aromatic N) is 1. The standard InChI is InChI=1S/C20H18Cl2F4N2O3.ClH/c21-13-3-1-2-12(8-13)17-10-28(6-7-30-17)11-18(20(24,25)26)31-19(29)27-14-4-5-15(22)16(23)9-14;/h1-5,8-9,17-18H,6-7,10-11H2,(H,27,29);1H/t17-,18-;/m0./s1. The topological polar surface area (TPSA) is 50.8 Å². The van der Waals surface area contributed by atoms with Gasteiger partial charge in [0.2, 0.25) is 6.10 Å². The molecule has 1 fully saturated rings. The molecule has 1 saturated heterocycles. The van der Waals surface area contributed by atoms with Crippen LogP contribution in [0, 0.1) is 5.82 Å². The zero-order valence-corrected chi connectivity index (χ0v) is 18.7. The molecule has 0 radical (unpaired) electrons. The largest absolute Gasteiger partial charge is 0.435 e. The van der Waals surface area contributed by atoms with E-state index in [-0.39, 0.29) is 42.8 Å². The molecule has 0 aromatic heterocycles. The lowest BCUT2D eigenvalue weighted by Crippen LogP contribution is -2.48. The Morgan fingerprint density at radius 2 is 2.00 bits per heavy atom. The van der Waals surface area contributed by atoms with Crippen LogP contribution in [-0.4, -0.2) is 49.5 Å². The van der Waals surface area contributed by atoms with E-state index in [4.69, 9.17) is 27.9 Å². The summed E-state index contributed by atoms with van der Waals surface area (Å²) in [4.78, 5) is 13.5. The van der Waals surface area contributed by atoms with Crippen LogP contribution in [0.4, 0.5) is 28.0 Å². The average molecular weight is 518 g/mol. The molecule has 32 heavy (non-hydrogen) atoms. The van der Waals surface area contributed by atoms with E-state index < -0.39 is 36.8 Å². The van der Waals surface area contributed by atoms with E-state index in [9.17, 15) is 22.4 Å². The van der Waals surface area contributed by atoms with Crippen LogP contribution in [0.15, 0.2) is 42.5 Å². The fourth-order valence-electron chi connectivity index (χ4n) is 3.07. The van der Waals surface area contributed by atoms with E-state index in [1.807, 2.05) is 0 Å². The number of rotatable bonds is 5. The molecule has 1 heterocycles. The van der Waals surface area contributed by atoms with Crippen LogP contribution < -0.4 is 5.32 Å². The molecule has 2 atom stereocenters. The summed E-state index contributed by atoms with van der Waals surface area (Å²) < 4.78 is 64.2. The number of morpholine rings is 1. The van der Waals surface area contributed by atoms with Gasteiger partial charge >= 0.3 is 12.3 Å². The SMILES string of the molecule is Cl.O=C(Nc1ccc(Cl)c(F)c1)O[C@@H](CN1CCO[C@H](c2cccc(Cl)c2)C1)C(F)(F)F. The number of nitrogens with one attached hydrogen (secondary N) is 1. The molecule has 5 nitrogen and oxygen atoms in total. The predicted octanol–water partition coefficient (Wildman–Crippen LogP) is 6.11. The van der Waals surface area contributed by atoms with Crippen molar-refractivity contribution in [2.75, 3.05) is 31.6 Å². The molecule has 0 aliphatic carbocycles. The van der Waals surface area contributed by atoms with Gasteiger partial charge in [0.15, 0.2) is 0 Å². The normalized spacial score (nSPS) is 17.9. The van der Waals surface area contributed by atoms with Crippen LogP contribution in [0.3, 0.4) is 0 Å². The minimum atomic E-state index is -4.80. The van der Waals surface area contributed by atoms with Crippen molar-refractivity contribution in [2.24, 2.45) is 0 Å². The second kappa shape index (κ2) is 11.4. The first-order valence-electron chi connectivity index (χ1n) is 9.20.